The molecule has 0 spiro atoms. The number of rotatable bonds is 4. The van der Waals surface area contributed by atoms with Crippen molar-refractivity contribution in [1.29, 1.82) is 0 Å². The maximum Gasteiger partial charge on any atom is 0.227 e. The molecule has 2 rings (SSSR count). The lowest BCUT2D eigenvalue weighted by Crippen LogP contribution is -2.28. The summed E-state index contributed by atoms with van der Waals surface area (Å²) in [4.78, 5) is 13.6. The Morgan fingerprint density at radius 2 is 2.24 bits per heavy atom. The minimum absolute atomic E-state index is 0.203. The van der Waals surface area contributed by atoms with Gasteiger partial charge in [-0.2, -0.15) is 0 Å². The smallest absolute Gasteiger partial charge is 0.227 e. The van der Waals surface area contributed by atoms with Gasteiger partial charge in [-0.3, -0.25) is 4.79 Å². The van der Waals surface area contributed by atoms with Crippen LogP contribution >= 0.6 is 0 Å². The van der Waals surface area contributed by atoms with Crippen LogP contribution in [0.3, 0.4) is 0 Å². The molecule has 1 aliphatic heterocycles. The quantitative estimate of drug-likeness (QED) is 0.830. The Kier molecular flexibility index (Phi) is 3.64. The van der Waals surface area contributed by atoms with Crippen molar-refractivity contribution in [2.45, 2.75) is 25.8 Å². The van der Waals surface area contributed by atoms with Crippen molar-refractivity contribution in [2.24, 2.45) is 5.73 Å². The van der Waals surface area contributed by atoms with Crippen LogP contribution in [0, 0.1) is 0 Å². The molecule has 17 heavy (non-hydrogen) atoms. The van der Waals surface area contributed by atoms with Crippen LogP contribution in [0.25, 0.3) is 0 Å². The van der Waals surface area contributed by atoms with Crippen LogP contribution < -0.4 is 16.0 Å². The Morgan fingerprint density at radius 1 is 1.47 bits per heavy atom. The van der Waals surface area contributed by atoms with E-state index >= 15 is 0 Å². The number of hydrogen-bond acceptors (Lipinski definition) is 3. The van der Waals surface area contributed by atoms with Gasteiger partial charge in [-0.25, -0.2) is 0 Å². The van der Waals surface area contributed by atoms with Crippen molar-refractivity contribution >= 4 is 17.3 Å². The topological polar surface area (TPSA) is 58.4 Å². The zero-order valence-corrected chi connectivity index (χ0v) is 10.1. The molecule has 1 heterocycles. The predicted molar refractivity (Wildman–Crippen MR) is 70.2 cm³/mol. The van der Waals surface area contributed by atoms with E-state index in [-0.39, 0.29) is 11.9 Å². The van der Waals surface area contributed by atoms with Crippen LogP contribution in [-0.2, 0) is 4.79 Å². The molecular weight excluding hydrogens is 214 g/mol. The van der Waals surface area contributed by atoms with E-state index in [9.17, 15) is 4.79 Å². The minimum atomic E-state index is 0.203. The summed E-state index contributed by atoms with van der Waals surface area (Å²) in [5.74, 6) is 0.208. The second kappa shape index (κ2) is 5.19. The Morgan fingerprint density at radius 3 is 2.88 bits per heavy atom. The van der Waals surface area contributed by atoms with E-state index in [2.05, 4.69) is 5.32 Å². The Labute approximate surface area is 102 Å². The van der Waals surface area contributed by atoms with Crippen molar-refractivity contribution in [2.75, 3.05) is 23.3 Å². The molecule has 0 radical (unpaired) electrons. The maximum atomic E-state index is 11.8. The molecule has 1 saturated heterocycles. The van der Waals surface area contributed by atoms with Crippen LogP contribution in [0.5, 0.6) is 0 Å². The van der Waals surface area contributed by atoms with E-state index in [0.29, 0.717) is 13.0 Å². The number of carbonyl (C=O) groups is 1. The van der Waals surface area contributed by atoms with Crippen molar-refractivity contribution in [3.8, 4) is 0 Å². The lowest BCUT2D eigenvalue weighted by Gasteiger charge is -2.22. The molecule has 4 heteroatoms. The monoisotopic (exact) mass is 233 g/mol. The summed E-state index contributed by atoms with van der Waals surface area (Å²) in [5.41, 5.74) is 7.56. The van der Waals surface area contributed by atoms with Gasteiger partial charge in [-0.15, -0.1) is 0 Å². The lowest BCUT2D eigenvalue weighted by molar-refractivity contribution is -0.117. The van der Waals surface area contributed by atoms with Gasteiger partial charge in [0.05, 0.1) is 11.4 Å². The van der Waals surface area contributed by atoms with Gasteiger partial charge < -0.3 is 16.0 Å². The summed E-state index contributed by atoms with van der Waals surface area (Å²) >= 11 is 0. The molecule has 1 amide bonds. The Balaban J connectivity index is 2.24. The largest absolute Gasteiger partial charge is 0.380 e. The van der Waals surface area contributed by atoms with E-state index in [1.54, 1.807) is 0 Å². The predicted octanol–water partition coefficient (Wildman–Crippen LogP) is 1.57. The van der Waals surface area contributed by atoms with Crippen LogP contribution in [0.1, 0.15) is 19.8 Å². The zero-order chi connectivity index (χ0) is 12.3. The Bertz CT molecular complexity index is 405. The normalized spacial score (nSPS) is 17.3. The molecule has 92 valence electrons. The molecule has 0 aliphatic carbocycles. The number of anilines is 2. The summed E-state index contributed by atoms with van der Waals surface area (Å²) in [6, 6.07) is 8.10. The number of benzene rings is 1. The van der Waals surface area contributed by atoms with E-state index in [1.807, 2.05) is 36.1 Å². The number of nitrogens with two attached hydrogens (primary N) is 1. The SMILES string of the molecule is CC(CN)Nc1ccccc1N1CCCC1=O. The molecule has 1 aliphatic rings. The van der Waals surface area contributed by atoms with Gasteiger partial charge in [0.1, 0.15) is 0 Å². The van der Waals surface area contributed by atoms with Crippen molar-refractivity contribution in [1.82, 2.24) is 0 Å². The first-order chi connectivity index (χ1) is 8.22. The molecule has 0 bridgehead atoms. The standard InChI is InChI=1S/C13H19N3O/c1-10(9-14)15-11-5-2-3-6-12(11)16-8-4-7-13(16)17/h2-3,5-6,10,15H,4,7-9,14H2,1H3. The molecule has 0 saturated carbocycles. The molecule has 1 aromatic carbocycles. The summed E-state index contributed by atoms with van der Waals surface area (Å²) < 4.78 is 0. The number of amides is 1. The molecule has 4 nitrogen and oxygen atoms in total. The van der Waals surface area contributed by atoms with Crippen molar-refractivity contribution in [3.63, 3.8) is 0 Å². The van der Waals surface area contributed by atoms with Crippen molar-refractivity contribution in [3.05, 3.63) is 24.3 Å². The highest BCUT2D eigenvalue weighted by molar-refractivity contribution is 5.98. The first-order valence-electron chi connectivity index (χ1n) is 6.08. The minimum Gasteiger partial charge on any atom is -0.380 e. The first-order valence-corrected chi connectivity index (χ1v) is 6.08. The average Bonchev–Trinajstić information content (AvgIpc) is 2.76. The lowest BCUT2D eigenvalue weighted by atomic mass is 10.2. The molecule has 1 unspecified atom stereocenters. The van der Waals surface area contributed by atoms with Crippen molar-refractivity contribution < 1.29 is 4.79 Å². The maximum absolute atomic E-state index is 11.8. The fourth-order valence-electron chi connectivity index (χ4n) is 2.06. The molecule has 3 N–H and O–H groups in total. The van der Waals surface area contributed by atoms with Crippen LogP contribution in [-0.4, -0.2) is 25.0 Å². The summed E-state index contributed by atoms with van der Waals surface area (Å²) in [7, 11) is 0. The van der Waals surface area contributed by atoms with Gasteiger partial charge >= 0.3 is 0 Å². The molecule has 1 aromatic rings. The Hall–Kier alpha value is -1.55. The van der Waals surface area contributed by atoms with E-state index in [1.165, 1.54) is 0 Å². The van der Waals surface area contributed by atoms with Crippen LogP contribution in [0.2, 0.25) is 0 Å². The van der Waals surface area contributed by atoms with Gasteiger partial charge in [-0.1, -0.05) is 12.1 Å². The second-order valence-corrected chi connectivity index (χ2v) is 4.45. The highest BCUT2D eigenvalue weighted by atomic mass is 16.2. The van der Waals surface area contributed by atoms with Crippen LogP contribution in [0.4, 0.5) is 11.4 Å². The zero-order valence-electron chi connectivity index (χ0n) is 10.1. The molecular formula is C13H19N3O. The van der Waals surface area contributed by atoms with Crippen LogP contribution in [0.15, 0.2) is 24.3 Å². The van der Waals surface area contributed by atoms with E-state index in [0.717, 1.165) is 24.3 Å². The molecule has 1 fully saturated rings. The number of nitrogens with one attached hydrogen (secondary N) is 1. The fraction of sp³-hybridized carbons (Fsp3) is 0.462. The summed E-state index contributed by atoms with van der Waals surface area (Å²) in [5, 5.41) is 3.34. The summed E-state index contributed by atoms with van der Waals surface area (Å²) in [6.45, 7) is 3.42. The van der Waals surface area contributed by atoms with Gasteiger partial charge in [0.15, 0.2) is 0 Å². The molecule has 1 atom stereocenters. The van der Waals surface area contributed by atoms with Gasteiger partial charge in [0, 0.05) is 25.6 Å². The highest BCUT2D eigenvalue weighted by Crippen LogP contribution is 2.29. The number of para-hydroxylation sites is 2. The third-order valence-corrected chi connectivity index (χ3v) is 3.02. The molecule has 0 aromatic heterocycles. The summed E-state index contributed by atoms with van der Waals surface area (Å²) in [6.07, 6.45) is 1.60. The van der Waals surface area contributed by atoms with Gasteiger partial charge in [0.25, 0.3) is 0 Å². The fourth-order valence-corrected chi connectivity index (χ4v) is 2.06. The number of hydrogen-bond donors (Lipinski definition) is 2. The third-order valence-electron chi connectivity index (χ3n) is 3.02. The van der Waals surface area contributed by atoms with Gasteiger partial charge in [-0.05, 0) is 25.5 Å². The second-order valence-electron chi connectivity index (χ2n) is 4.45. The highest BCUT2D eigenvalue weighted by Gasteiger charge is 2.23. The number of carbonyl (C=O) groups excluding carboxylic acids is 1. The first kappa shape index (κ1) is 11.9. The van der Waals surface area contributed by atoms with Gasteiger partial charge in [0.2, 0.25) is 5.91 Å². The van der Waals surface area contributed by atoms with E-state index in [4.69, 9.17) is 5.73 Å². The third kappa shape index (κ3) is 2.58. The average molecular weight is 233 g/mol. The van der Waals surface area contributed by atoms with E-state index < -0.39 is 0 Å². The number of nitrogens with zero attached hydrogens (tertiary/aromatic N) is 1.